The molecule has 2 aliphatic carbocycles. The van der Waals surface area contributed by atoms with Gasteiger partial charge in [0.15, 0.2) is 10.6 Å². The van der Waals surface area contributed by atoms with Gasteiger partial charge in [-0.1, -0.05) is 23.7 Å². The lowest BCUT2D eigenvalue weighted by atomic mass is 10.1. The average molecular weight is 482 g/mol. The van der Waals surface area contributed by atoms with E-state index in [2.05, 4.69) is 33.8 Å². The summed E-state index contributed by atoms with van der Waals surface area (Å²) in [6.45, 7) is 4.28. The minimum absolute atomic E-state index is 0.0224. The first-order chi connectivity index (χ1) is 16.0. The fourth-order valence-corrected chi connectivity index (χ4v) is 4.47. The second-order valence-electron chi connectivity index (χ2n) is 8.92. The lowest BCUT2D eigenvalue weighted by Crippen LogP contribution is -2.29. The Morgan fingerprint density at radius 3 is 2.42 bits per heavy atom. The Kier molecular flexibility index (Phi) is 6.36. The van der Waals surface area contributed by atoms with Crippen molar-refractivity contribution in [3.05, 3.63) is 69.5 Å². The molecule has 0 unspecified atom stereocenters. The van der Waals surface area contributed by atoms with E-state index in [1.807, 2.05) is 41.1 Å². The maximum Gasteiger partial charge on any atom is 0.251 e. The number of nitrogens with zero attached hydrogens (tertiary/aromatic N) is 4. The van der Waals surface area contributed by atoms with Crippen LogP contribution in [0.1, 0.15) is 48.5 Å². The van der Waals surface area contributed by atoms with E-state index in [0.29, 0.717) is 23.8 Å². The predicted octanol–water partition coefficient (Wildman–Crippen LogP) is 5.27. The highest BCUT2D eigenvalue weighted by Gasteiger charge is 2.30. The third-order valence-corrected chi connectivity index (χ3v) is 6.92. The van der Waals surface area contributed by atoms with E-state index in [0.717, 1.165) is 47.7 Å². The Bertz CT molecular complexity index is 1190. The molecule has 1 amide bonds. The summed E-state index contributed by atoms with van der Waals surface area (Å²) in [6, 6.07) is 16.6. The van der Waals surface area contributed by atoms with Crippen LogP contribution in [-0.4, -0.2) is 37.2 Å². The molecule has 1 heterocycles. The predicted molar refractivity (Wildman–Crippen MR) is 133 cm³/mol. The molecule has 0 radical (unpaired) electrons. The van der Waals surface area contributed by atoms with Gasteiger partial charge in [-0.05, 0) is 86.8 Å². The van der Waals surface area contributed by atoms with Crippen LogP contribution in [-0.2, 0) is 19.8 Å². The van der Waals surface area contributed by atoms with Gasteiger partial charge in [0, 0.05) is 41.3 Å². The summed E-state index contributed by atoms with van der Waals surface area (Å²) in [5, 5.41) is 8.63. The molecule has 2 aromatic carbocycles. The van der Waals surface area contributed by atoms with E-state index < -0.39 is 0 Å². The highest BCUT2D eigenvalue weighted by atomic mass is 35.5. The molecule has 5 rings (SSSR count). The fraction of sp³-hybridized carbons (Fsp3) is 0.400. The van der Waals surface area contributed by atoms with Crippen molar-refractivity contribution < 1.29 is 4.79 Å². The number of rotatable bonds is 9. The Labute approximate surface area is 204 Å². The molecule has 1 aromatic heterocycles. The molecule has 0 bridgehead atoms. The van der Waals surface area contributed by atoms with Gasteiger partial charge in [-0.25, -0.2) is 4.68 Å². The number of aromatic nitrogens is 3. The summed E-state index contributed by atoms with van der Waals surface area (Å²) < 4.78 is 4.72. The topological polar surface area (TPSA) is 55.1 Å². The molecule has 0 saturated heterocycles. The van der Waals surface area contributed by atoms with E-state index in [1.54, 1.807) is 0 Å². The van der Waals surface area contributed by atoms with Crippen molar-refractivity contribution in [2.24, 2.45) is 0 Å². The highest BCUT2D eigenvalue weighted by molar-refractivity contribution is 7.71. The number of benzene rings is 2. The maximum absolute atomic E-state index is 12.3. The third kappa shape index (κ3) is 5.21. The molecule has 0 spiro atoms. The first kappa shape index (κ1) is 22.3. The number of hydrogen-bond donors (Lipinski definition) is 1. The molecule has 3 aromatic rings. The second kappa shape index (κ2) is 9.41. The van der Waals surface area contributed by atoms with Crippen molar-refractivity contribution in [1.82, 2.24) is 24.6 Å². The molecule has 6 nitrogen and oxygen atoms in total. The monoisotopic (exact) mass is 481 g/mol. The van der Waals surface area contributed by atoms with Crippen molar-refractivity contribution in [1.29, 1.82) is 0 Å². The van der Waals surface area contributed by atoms with Crippen LogP contribution in [0, 0.1) is 4.77 Å². The molecule has 0 aliphatic heterocycles. The Morgan fingerprint density at radius 1 is 1.12 bits per heavy atom. The minimum atomic E-state index is 0.0224. The van der Waals surface area contributed by atoms with Crippen LogP contribution >= 0.6 is 23.8 Å². The van der Waals surface area contributed by atoms with Gasteiger partial charge in [-0.2, -0.15) is 5.10 Å². The van der Waals surface area contributed by atoms with Crippen LogP contribution in [0.3, 0.4) is 0 Å². The summed E-state index contributed by atoms with van der Waals surface area (Å²) in [5.74, 6) is 0.884. The minimum Gasteiger partial charge on any atom is -0.349 e. The molecule has 8 heteroatoms. The normalized spacial score (nSPS) is 15.7. The van der Waals surface area contributed by atoms with Gasteiger partial charge in [-0.3, -0.25) is 9.69 Å². The first-order valence-electron chi connectivity index (χ1n) is 11.6. The standard InChI is InChI=1S/C25H28ClN5OS/c1-2-30-23(18-7-9-20(26)10-8-18)28-31(25(30)33)16-29(22-13-14-22)15-17-3-5-19(6-4-17)24(32)27-21-11-12-21/h3-10,21-22H,2,11-16H2,1H3,(H,27,32). The number of nitrogens with one attached hydrogen (secondary N) is 1. The summed E-state index contributed by atoms with van der Waals surface area (Å²) in [6.07, 6.45) is 4.56. The molecule has 2 saturated carbocycles. The number of carbonyl (C=O) groups is 1. The first-order valence-corrected chi connectivity index (χ1v) is 12.4. The van der Waals surface area contributed by atoms with Crippen molar-refractivity contribution in [2.45, 2.75) is 64.4 Å². The molecular formula is C25H28ClN5OS. The van der Waals surface area contributed by atoms with Crippen LogP contribution in [0.4, 0.5) is 0 Å². The van der Waals surface area contributed by atoms with Crippen LogP contribution in [0.2, 0.25) is 5.02 Å². The van der Waals surface area contributed by atoms with Crippen molar-refractivity contribution in [2.75, 3.05) is 0 Å². The summed E-state index contributed by atoms with van der Waals surface area (Å²) in [5.41, 5.74) is 2.91. The van der Waals surface area contributed by atoms with Crippen LogP contribution in [0.25, 0.3) is 11.4 Å². The number of carbonyl (C=O) groups excluding carboxylic acids is 1. The zero-order valence-corrected chi connectivity index (χ0v) is 20.3. The lowest BCUT2D eigenvalue weighted by molar-refractivity contribution is 0.0951. The molecule has 2 fully saturated rings. The average Bonchev–Trinajstić information content (AvgIpc) is 3.74. The molecule has 172 valence electrons. The number of halogens is 1. The van der Waals surface area contributed by atoms with E-state index in [-0.39, 0.29) is 5.91 Å². The van der Waals surface area contributed by atoms with E-state index in [9.17, 15) is 4.79 Å². The van der Waals surface area contributed by atoms with Crippen molar-refractivity contribution >= 4 is 29.7 Å². The van der Waals surface area contributed by atoms with Gasteiger partial charge in [0.25, 0.3) is 5.91 Å². The Morgan fingerprint density at radius 2 is 1.82 bits per heavy atom. The second-order valence-corrected chi connectivity index (χ2v) is 9.72. The Hall–Kier alpha value is -2.48. The van der Waals surface area contributed by atoms with E-state index >= 15 is 0 Å². The molecular weight excluding hydrogens is 454 g/mol. The summed E-state index contributed by atoms with van der Waals surface area (Å²) in [7, 11) is 0. The van der Waals surface area contributed by atoms with E-state index in [1.165, 1.54) is 18.4 Å². The van der Waals surface area contributed by atoms with Gasteiger partial charge in [0.05, 0.1) is 6.67 Å². The SMILES string of the molecule is CCn1c(-c2ccc(Cl)cc2)nn(CN(Cc2ccc(C(=O)NC3CC3)cc2)C2CC2)c1=S. The molecule has 0 atom stereocenters. The third-order valence-electron chi connectivity index (χ3n) is 6.23. The van der Waals surface area contributed by atoms with Crippen molar-refractivity contribution in [3.8, 4) is 11.4 Å². The highest BCUT2D eigenvalue weighted by Crippen LogP contribution is 2.29. The van der Waals surface area contributed by atoms with Gasteiger partial charge in [0.1, 0.15) is 0 Å². The van der Waals surface area contributed by atoms with Crippen molar-refractivity contribution in [3.63, 3.8) is 0 Å². The maximum atomic E-state index is 12.3. The van der Waals surface area contributed by atoms with Gasteiger partial charge >= 0.3 is 0 Å². The Balaban J connectivity index is 1.33. The number of hydrogen-bond acceptors (Lipinski definition) is 4. The fourth-order valence-electron chi connectivity index (χ4n) is 4.03. The van der Waals surface area contributed by atoms with Gasteiger partial charge in [0.2, 0.25) is 0 Å². The zero-order valence-electron chi connectivity index (χ0n) is 18.7. The van der Waals surface area contributed by atoms with E-state index in [4.69, 9.17) is 28.9 Å². The van der Waals surface area contributed by atoms with Crippen LogP contribution in [0.15, 0.2) is 48.5 Å². The molecule has 33 heavy (non-hydrogen) atoms. The molecule has 2 aliphatic rings. The molecule has 1 N–H and O–H groups in total. The lowest BCUT2D eigenvalue weighted by Gasteiger charge is -2.22. The summed E-state index contributed by atoms with van der Waals surface area (Å²) >= 11 is 11.8. The smallest absolute Gasteiger partial charge is 0.251 e. The van der Waals surface area contributed by atoms with Gasteiger partial charge in [-0.15, -0.1) is 0 Å². The zero-order chi connectivity index (χ0) is 22.9. The largest absolute Gasteiger partial charge is 0.349 e. The van der Waals surface area contributed by atoms with Crippen LogP contribution in [0.5, 0.6) is 0 Å². The summed E-state index contributed by atoms with van der Waals surface area (Å²) in [4.78, 5) is 14.7. The van der Waals surface area contributed by atoms with Gasteiger partial charge < -0.3 is 9.88 Å². The number of amides is 1. The quantitative estimate of drug-likeness (QED) is 0.423. The van der Waals surface area contributed by atoms with Crippen LogP contribution < -0.4 is 5.32 Å².